The second-order valence-corrected chi connectivity index (χ2v) is 6.36. The van der Waals surface area contributed by atoms with Crippen LogP contribution in [0, 0.1) is 0 Å². The minimum atomic E-state index is -0.592. The highest BCUT2D eigenvalue weighted by atomic mass is 16.5. The van der Waals surface area contributed by atoms with E-state index in [0.717, 1.165) is 25.8 Å². The lowest BCUT2D eigenvalue weighted by molar-refractivity contribution is -0.152. The highest BCUT2D eigenvalue weighted by molar-refractivity contribution is 5.80. The zero-order valence-corrected chi connectivity index (χ0v) is 12.4. The molecule has 2 amide bonds. The third-order valence-electron chi connectivity index (χ3n) is 5.06. The Morgan fingerprint density at radius 1 is 1.33 bits per heavy atom. The van der Waals surface area contributed by atoms with Crippen LogP contribution in [0.15, 0.2) is 0 Å². The molecule has 0 saturated carbocycles. The standard InChI is InChI=1S/C15H24N2O4/c18-12-11-17(9-6-15(12)5-2-10-21-15)14(20)4-8-16-7-1-3-13(16)19/h12,18H,1-11H2/t12-,15-/m0/s1. The first-order valence-electron chi connectivity index (χ1n) is 7.98. The largest absolute Gasteiger partial charge is 0.388 e. The van der Waals surface area contributed by atoms with Gasteiger partial charge in [0.1, 0.15) is 6.10 Å². The van der Waals surface area contributed by atoms with Gasteiger partial charge in [-0.05, 0) is 25.7 Å². The minimum Gasteiger partial charge on any atom is -0.388 e. The van der Waals surface area contributed by atoms with Crippen LogP contribution in [0.5, 0.6) is 0 Å². The first kappa shape index (κ1) is 14.8. The average molecular weight is 296 g/mol. The van der Waals surface area contributed by atoms with Gasteiger partial charge in [0.25, 0.3) is 0 Å². The maximum Gasteiger partial charge on any atom is 0.224 e. The van der Waals surface area contributed by atoms with Crippen LogP contribution in [0.3, 0.4) is 0 Å². The van der Waals surface area contributed by atoms with Crippen molar-refractivity contribution in [2.75, 3.05) is 32.8 Å². The van der Waals surface area contributed by atoms with Crippen LogP contribution >= 0.6 is 0 Å². The predicted molar refractivity (Wildman–Crippen MR) is 75.6 cm³/mol. The molecule has 3 aliphatic rings. The van der Waals surface area contributed by atoms with Crippen molar-refractivity contribution in [3.63, 3.8) is 0 Å². The molecule has 118 valence electrons. The lowest BCUT2D eigenvalue weighted by Gasteiger charge is -2.42. The number of ether oxygens (including phenoxy) is 1. The fraction of sp³-hybridized carbons (Fsp3) is 0.867. The van der Waals surface area contributed by atoms with Crippen molar-refractivity contribution in [1.82, 2.24) is 9.80 Å². The number of nitrogens with zero attached hydrogens (tertiary/aromatic N) is 2. The van der Waals surface area contributed by atoms with Crippen molar-refractivity contribution in [3.8, 4) is 0 Å². The monoisotopic (exact) mass is 296 g/mol. The molecular weight excluding hydrogens is 272 g/mol. The van der Waals surface area contributed by atoms with Gasteiger partial charge in [0.05, 0.1) is 5.60 Å². The van der Waals surface area contributed by atoms with Crippen LogP contribution < -0.4 is 0 Å². The number of carbonyl (C=O) groups is 2. The van der Waals surface area contributed by atoms with E-state index >= 15 is 0 Å². The van der Waals surface area contributed by atoms with E-state index in [0.29, 0.717) is 45.5 Å². The predicted octanol–water partition coefficient (Wildman–Crippen LogP) is 0.141. The van der Waals surface area contributed by atoms with Crippen LogP contribution in [0.2, 0.25) is 0 Å². The van der Waals surface area contributed by atoms with Crippen molar-refractivity contribution in [2.45, 2.75) is 50.2 Å². The first-order chi connectivity index (χ1) is 10.1. The van der Waals surface area contributed by atoms with Crippen molar-refractivity contribution < 1.29 is 19.4 Å². The van der Waals surface area contributed by atoms with E-state index in [1.807, 2.05) is 0 Å². The fourth-order valence-electron chi connectivity index (χ4n) is 3.69. The van der Waals surface area contributed by atoms with Crippen LogP contribution in [0.1, 0.15) is 38.5 Å². The van der Waals surface area contributed by atoms with Crippen molar-refractivity contribution >= 4 is 11.8 Å². The molecule has 3 heterocycles. The van der Waals surface area contributed by atoms with Gasteiger partial charge in [-0.3, -0.25) is 9.59 Å². The molecule has 0 bridgehead atoms. The molecule has 3 saturated heterocycles. The number of piperidine rings is 1. The topological polar surface area (TPSA) is 70.1 Å². The summed E-state index contributed by atoms with van der Waals surface area (Å²) in [5.74, 6) is 0.182. The van der Waals surface area contributed by atoms with Gasteiger partial charge in [-0.15, -0.1) is 0 Å². The maximum atomic E-state index is 12.2. The Morgan fingerprint density at radius 2 is 2.19 bits per heavy atom. The smallest absolute Gasteiger partial charge is 0.224 e. The highest BCUT2D eigenvalue weighted by Crippen LogP contribution is 2.36. The lowest BCUT2D eigenvalue weighted by atomic mass is 9.86. The molecule has 0 aromatic rings. The van der Waals surface area contributed by atoms with E-state index in [1.165, 1.54) is 0 Å². The molecule has 3 rings (SSSR count). The average Bonchev–Trinajstić information content (AvgIpc) is 3.10. The third kappa shape index (κ3) is 2.92. The Morgan fingerprint density at radius 3 is 2.81 bits per heavy atom. The summed E-state index contributed by atoms with van der Waals surface area (Å²) < 4.78 is 5.74. The van der Waals surface area contributed by atoms with Gasteiger partial charge in [-0.2, -0.15) is 0 Å². The van der Waals surface area contributed by atoms with Crippen LogP contribution in [-0.4, -0.2) is 71.2 Å². The molecule has 0 aromatic carbocycles. The van der Waals surface area contributed by atoms with Gasteiger partial charge in [-0.25, -0.2) is 0 Å². The number of hydrogen-bond acceptors (Lipinski definition) is 4. The molecule has 6 nitrogen and oxygen atoms in total. The highest BCUT2D eigenvalue weighted by Gasteiger charge is 2.46. The summed E-state index contributed by atoms with van der Waals surface area (Å²) in [6.45, 7) is 2.98. The summed E-state index contributed by atoms with van der Waals surface area (Å²) in [6.07, 6.45) is 3.85. The van der Waals surface area contributed by atoms with Gasteiger partial charge in [0, 0.05) is 45.6 Å². The summed E-state index contributed by atoms with van der Waals surface area (Å²) in [5.41, 5.74) is -0.415. The zero-order valence-electron chi connectivity index (χ0n) is 12.4. The zero-order chi connectivity index (χ0) is 14.9. The number of amides is 2. The first-order valence-corrected chi connectivity index (χ1v) is 7.98. The number of hydrogen-bond donors (Lipinski definition) is 1. The van der Waals surface area contributed by atoms with Gasteiger partial charge >= 0.3 is 0 Å². The number of β-amino-alcohol motifs (C(OH)–C–C–N with tert-alkyl or cyclic N) is 1. The molecule has 6 heteroatoms. The molecule has 21 heavy (non-hydrogen) atoms. The molecule has 1 N–H and O–H groups in total. The molecule has 0 aromatic heterocycles. The number of aliphatic hydroxyl groups is 1. The number of likely N-dealkylation sites (tertiary alicyclic amines) is 2. The quantitative estimate of drug-likeness (QED) is 0.804. The molecule has 3 fully saturated rings. The number of aliphatic hydroxyl groups excluding tert-OH is 1. The van der Waals surface area contributed by atoms with E-state index < -0.39 is 11.7 Å². The SMILES string of the molecule is O=C1CCCN1CCC(=O)N1CC[C@@]2(CCCO2)[C@@H](O)C1. The molecule has 1 spiro atoms. The Hall–Kier alpha value is -1.14. The summed E-state index contributed by atoms with van der Waals surface area (Å²) in [5, 5.41) is 10.3. The minimum absolute atomic E-state index is 0.0293. The second kappa shape index (κ2) is 5.93. The summed E-state index contributed by atoms with van der Waals surface area (Å²) >= 11 is 0. The third-order valence-corrected chi connectivity index (χ3v) is 5.06. The molecule has 0 unspecified atom stereocenters. The van der Waals surface area contributed by atoms with E-state index in [1.54, 1.807) is 9.80 Å². The van der Waals surface area contributed by atoms with Gasteiger partial charge in [0.15, 0.2) is 0 Å². The Kier molecular flexibility index (Phi) is 4.17. The fourth-order valence-corrected chi connectivity index (χ4v) is 3.69. The Balaban J connectivity index is 1.49. The molecule has 0 radical (unpaired) electrons. The summed E-state index contributed by atoms with van der Waals surface area (Å²) in [6, 6.07) is 0. The van der Waals surface area contributed by atoms with Crippen molar-refractivity contribution in [2.24, 2.45) is 0 Å². The van der Waals surface area contributed by atoms with E-state index in [4.69, 9.17) is 4.74 Å². The van der Waals surface area contributed by atoms with Gasteiger partial charge < -0.3 is 19.6 Å². The maximum absolute atomic E-state index is 12.2. The number of rotatable bonds is 3. The van der Waals surface area contributed by atoms with E-state index in [2.05, 4.69) is 0 Å². The van der Waals surface area contributed by atoms with Crippen LogP contribution in [0.25, 0.3) is 0 Å². The Bertz CT molecular complexity index is 420. The van der Waals surface area contributed by atoms with Crippen molar-refractivity contribution in [1.29, 1.82) is 0 Å². The van der Waals surface area contributed by atoms with E-state index in [9.17, 15) is 14.7 Å². The van der Waals surface area contributed by atoms with Gasteiger partial charge in [-0.1, -0.05) is 0 Å². The summed E-state index contributed by atoms with van der Waals surface area (Å²) in [7, 11) is 0. The van der Waals surface area contributed by atoms with Crippen LogP contribution in [0.4, 0.5) is 0 Å². The van der Waals surface area contributed by atoms with E-state index in [-0.39, 0.29) is 11.8 Å². The normalized spacial score (nSPS) is 33.2. The molecular formula is C15H24N2O4. The van der Waals surface area contributed by atoms with Crippen molar-refractivity contribution in [3.05, 3.63) is 0 Å². The molecule has 0 aliphatic carbocycles. The molecule has 3 aliphatic heterocycles. The van der Waals surface area contributed by atoms with Crippen LogP contribution in [-0.2, 0) is 14.3 Å². The molecule has 2 atom stereocenters. The Labute approximate surface area is 125 Å². The second-order valence-electron chi connectivity index (χ2n) is 6.36. The summed E-state index contributed by atoms with van der Waals surface area (Å²) in [4.78, 5) is 27.3. The van der Waals surface area contributed by atoms with Gasteiger partial charge in [0.2, 0.25) is 11.8 Å². The number of carbonyl (C=O) groups excluding carboxylic acids is 2. The lowest BCUT2D eigenvalue weighted by Crippen LogP contribution is -2.56.